The molecular formula is C22H19FN2O2S. The van der Waals surface area contributed by atoms with Crippen LogP contribution in [0.3, 0.4) is 0 Å². The van der Waals surface area contributed by atoms with Crippen LogP contribution in [-0.4, -0.2) is 36.6 Å². The SMILES string of the molecule is O=S1(=O)c2ccc(-c3cccnc3)cc2[C@H]2CN(Cc3ccccc3F)C[C@H]21. The zero-order valence-electron chi connectivity index (χ0n) is 15.1. The second kappa shape index (κ2) is 6.50. The molecule has 142 valence electrons. The fourth-order valence-electron chi connectivity index (χ4n) is 4.44. The van der Waals surface area contributed by atoms with Crippen molar-refractivity contribution in [2.75, 3.05) is 13.1 Å². The van der Waals surface area contributed by atoms with E-state index in [4.69, 9.17) is 0 Å². The van der Waals surface area contributed by atoms with Crippen molar-refractivity contribution in [1.82, 2.24) is 9.88 Å². The van der Waals surface area contributed by atoms with Crippen LogP contribution < -0.4 is 0 Å². The van der Waals surface area contributed by atoms with Gasteiger partial charge < -0.3 is 0 Å². The Kier molecular flexibility index (Phi) is 4.07. The summed E-state index contributed by atoms with van der Waals surface area (Å²) in [4.78, 5) is 6.65. The highest BCUT2D eigenvalue weighted by atomic mass is 32.2. The lowest BCUT2D eigenvalue weighted by atomic mass is 9.95. The molecule has 0 N–H and O–H groups in total. The smallest absolute Gasteiger partial charge is 0.183 e. The maximum Gasteiger partial charge on any atom is 0.183 e. The predicted octanol–water partition coefficient (Wildman–Crippen LogP) is 3.64. The monoisotopic (exact) mass is 394 g/mol. The predicted molar refractivity (Wildman–Crippen MR) is 105 cm³/mol. The number of halogens is 1. The number of pyridine rings is 1. The molecular weight excluding hydrogens is 375 g/mol. The average Bonchev–Trinajstić information content (AvgIpc) is 3.22. The second-order valence-electron chi connectivity index (χ2n) is 7.47. The minimum absolute atomic E-state index is 0.0802. The first-order valence-corrected chi connectivity index (χ1v) is 10.8. The van der Waals surface area contributed by atoms with E-state index in [1.807, 2.05) is 35.2 Å². The molecule has 0 aliphatic carbocycles. The van der Waals surface area contributed by atoms with E-state index in [9.17, 15) is 12.8 Å². The van der Waals surface area contributed by atoms with Crippen LogP contribution in [0, 0.1) is 5.82 Å². The Morgan fingerprint density at radius 1 is 1.04 bits per heavy atom. The van der Waals surface area contributed by atoms with Crippen LogP contribution in [0.15, 0.2) is 71.9 Å². The van der Waals surface area contributed by atoms with Crippen LogP contribution in [0.25, 0.3) is 11.1 Å². The van der Waals surface area contributed by atoms with Crippen molar-refractivity contribution in [3.05, 3.63) is 83.9 Å². The molecule has 2 aliphatic rings. The Bertz CT molecular complexity index is 1150. The summed E-state index contributed by atoms with van der Waals surface area (Å²) in [6.07, 6.45) is 3.50. The molecule has 0 radical (unpaired) electrons. The summed E-state index contributed by atoms with van der Waals surface area (Å²) in [6, 6.07) is 16.1. The molecule has 1 saturated heterocycles. The molecule has 28 heavy (non-hydrogen) atoms. The molecule has 0 bridgehead atoms. The van der Waals surface area contributed by atoms with E-state index in [-0.39, 0.29) is 11.7 Å². The van der Waals surface area contributed by atoms with Gasteiger partial charge in [0.15, 0.2) is 9.84 Å². The summed E-state index contributed by atoms with van der Waals surface area (Å²) < 4.78 is 40.1. The van der Waals surface area contributed by atoms with Crippen LogP contribution in [0.4, 0.5) is 4.39 Å². The molecule has 2 aromatic carbocycles. The van der Waals surface area contributed by atoms with E-state index in [0.29, 0.717) is 30.1 Å². The zero-order chi connectivity index (χ0) is 19.3. The Balaban J connectivity index is 1.48. The number of sulfone groups is 1. The largest absolute Gasteiger partial charge is 0.297 e. The first kappa shape index (κ1) is 17.5. The normalized spacial score (nSPS) is 22.8. The van der Waals surface area contributed by atoms with Gasteiger partial charge in [0.2, 0.25) is 0 Å². The van der Waals surface area contributed by atoms with Gasteiger partial charge in [-0.15, -0.1) is 0 Å². The standard InChI is InChI=1S/C22H19FN2O2S/c23-20-6-2-1-4-17(20)12-25-13-19-18-10-15(16-5-3-9-24-11-16)7-8-21(18)28(26,27)22(19)14-25/h1-11,19,22H,12-14H2/t19-,22-/m1/s1. The maximum absolute atomic E-state index is 14.0. The fourth-order valence-corrected chi connectivity index (χ4v) is 6.63. The Morgan fingerprint density at radius 3 is 2.68 bits per heavy atom. The maximum atomic E-state index is 14.0. The fraction of sp³-hybridized carbons (Fsp3) is 0.227. The van der Waals surface area contributed by atoms with Gasteiger partial charge in [-0.05, 0) is 41.0 Å². The van der Waals surface area contributed by atoms with Crippen LogP contribution in [-0.2, 0) is 16.4 Å². The van der Waals surface area contributed by atoms with E-state index >= 15 is 0 Å². The Labute approximate surface area is 163 Å². The molecule has 0 unspecified atom stereocenters. The third-order valence-corrected chi connectivity index (χ3v) is 8.06. The molecule has 3 aromatic rings. The highest BCUT2D eigenvalue weighted by Crippen LogP contribution is 2.46. The van der Waals surface area contributed by atoms with Crippen molar-refractivity contribution in [1.29, 1.82) is 0 Å². The summed E-state index contributed by atoms with van der Waals surface area (Å²) >= 11 is 0. The molecule has 4 nitrogen and oxygen atoms in total. The van der Waals surface area contributed by atoms with E-state index in [1.54, 1.807) is 30.6 Å². The Hall–Kier alpha value is -2.57. The molecule has 2 aliphatic heterocycles. The summed E-state index contributed by atoms with van der Waals surface area (Å²) in [5.74, 6) is -0.329. The van der Waals surface area contributed by atoms with Crippen LogP contribution in [0.2, 0.25) is 0 Å². The minimum atomic E-state index is -3.37. The van der Waals surface area contributed by atoms with E-state index < -0.39 is 15.1 Å². The lowest BCUT2D eigenvalue weighted by Gasteiger charge is -2.18. The van der Waals surface area contributed by atoms with Crippen LogP contribution >= 0.6 is 0 Å². The molecule has 5 rings (SSSR count). The first-order chi connectivity index (χ1) is 13.5. The summed E-state index contributed by atoms with van der Waals surface area (Å²) in [5, 5.41) is -0.460. The highest BCUT2D eigenvalue weighted by molar-refractivity contribution is 7.92. The number of hydrogen-bond acceptors (Lipinski definition) is 4. The van der Waals surface area contributed by atoms with Gasteiger partial charge in [-0.3, -0.25) is 9.88 Å². The Morgan fingerprint density at radius 2 is 1.89 bits per heavy atom. The van der Waals surface area contributed by atoms with Gasteiger partial charge in [-0.1, -0.05) is 30.3 Å². The minimum Gasteiger partial charge on any atom is -0.297 e. The van der Waals surface area contributed by atoms with Crippen LogP contribution in [0.1, 0.15) is 17.0 Å². The average molecular weight is 394 g/mol. The number of hydrogen-bond donors (Lipinski definition) is 0. The van der Waals surface area contributed by atoms with Gasteiger partial charge in [-0.25, -0.2) is 12.8 Å². The molecule has 0 saturated carbocycles. The van der Waals surface area contributed by atoms with Crippen molar-refractivity contribution in [3.8, 4) is 11.1 Å². The number of aromatic nitrogens is 1. The lowest BCUT2D eigenvalue weighted by Crippen LogP contribution is -2.26. The highest BCUT2D eigenvalue weighted by Gasteiger charge is 2.50. The zero-order valence-corrected chi connectivity index (χ0v) is 15.9. The molecule has 3 heterocycles. The van der Waals surface area contributed by atoms with Crippen molar-refractivity contribution >= 4 is 9.84 Å². The first-order valence-electron chi connectivity index (χ1n) is 9.28. The molecule has 0 spiro atoms. The van der Waals surface area contributed by atoms with Gasteiger partial charge in [0.05, 0.1) is 10.1 Å². The van der Waals surface area contributed by atoms with Crippen molar-refractivity contribution < 1.29 is 12.8 Å². The number of likely N-dealkylation sites (tertiary alicyclic amines) is 1. The quantitative estimate of drug-likeness (QED) is 0.681. The lowest BCUT2D eigenvalue weighted by molar-refractivity contribution is 0.320. The molecule has 2 atom stereocenters. The summed E-state index contributed by atoms with van der Waals surface area (Å²) in [6.45, 7) is 1.47. The molecule has 0 amide bonds. The number of nitrogens with zero attached hydrogens (tertiary/aromatic N) is 2. The summed E-state index contributed by atoms with van der Waals surface area (Å²) in [7, 11) is -3.37. The van der Waals surface area contributed by atoms with Gasteiger partial charge in [0.25, 0.3) is 0 Å². The van der Waals surface area contributed by atoms with E-state index in [0.717, 1.165) is 16.7 Å². The van der Waals surface area contributed by atoms with Gasteiger partial charge >= 0.3 is 0 Å². The molecule has 1 fully saturated rings. The van der Waals surface area contributed by atoms with Crippen molar-refractivity contribution in [3.63, 3.8) is 0 Å². The summed E-state index contributed by atoms with van der Waals surface area (Å²) in [5.41, 5.74) is 3.41. The third kappa shape index (κ3) is 2.75. The second-order valence-corrected chi connectivity index (χ2v) is 9.61. The molecule has 1 aromatic heterocycles. The number of fused-ring (bicyclic) bond motifs is 3. The number of rotatable bonds is 3. The van der Waals surface area contributed by atoms with E-state index in [1.165, 1.54) is 6.07 Å². The van der Waals surface area contributed by atoms with Gasteiger partial charge in [-0.2, -0.15) is 0 Å². The van der Waals surface area contributed by atoms with Gasteiger partial charge in [0.1, 0.15) is 5.82 Å². The van der Waals surface area contributed by atoms with Crippen molar-refractivity contribution in [2.45, 2.75) is 22.6 Å². The van der Waals surface area contributed by atoms with E-state index in [2.05, 4.69) is 4.98 Å². The third-order valence-electron chi connectivity index (χ3n) is 5.80. The van der Waals surface area contributed by atoms with Crippen molar-refractivity contribution in [2.24, 2.45) is 0 Å². The van der Waals surface area contributed by atoms with Gasteiger partial charge in [0, 0.05) is 43.5 Å². The number of benzene rings is 2. The topological polar surface area (TPSA) is 50.3 Å². The van der Waals surface area contributed by atoms with Crippen LogP contribution in [0.5, 0.6) is 0 Å². The molecule has 6 heteroatoms.